The van der Waals surface area contributed by atoms with Crippen LogP contribution in [-0.2, 0) is 0 Å². The quantitative estimate of drug-likeness (QED) is 0.475. The van der Waals surface area contributed by atoms with Gasteiger partial charge in [0.05, 0.1) is 0 Å². The lowest BCUT2D eigenvalue weighted by Gasteiger charge is -2.04. The molecule has 0 bridgehead atoms. The Balaban J connectivity index is 1.86. The summed E-state index contributed by atoms with van der Waals surface area (Å²) in [5.41, 5.74) is 0. The van der Waals surface area contributed by atoms with E-state index >= 15 is 0 Å². The van der Waals surface area contributed by atoms with Crippen LogP contribution in [0.4, 0.5) is 0 Å². The normalized spacial score (nSPS) is 47.1. The molecule has 0 aromatic carbocycles. The van der Waals surface area contributed by atoms with Crippen molar-refractivity contribution < 1.29 is 0 Å². The van der Waals surface area contributed by atoms with Gasteiger partial charge >= 0.3 is 0 Å². The molecule has 10 heavy (non-hydrogen) atoms. The minimum atomic E-state index is 0.568. The van der Waals surface area contributed by atoms with Crippen LogP contribution in [0, 0.1) is 11.8 Å². The van der Waals surface area contributed by atoms with Crippen molar-refractivity contribution in [2.45, 2.75) is 43.9 Å². The fourth-order valence-electron chi connectivity index (χ4n) is 2.26. The molecule has 1 heteroatoms. The standard InChI is InChI=1S/C9H15Cl/c10-9-7-5-3-1-2-4-6-8(7)9/h7-9H,1-6H2/t7-,8+,9?. The molecular formula is C9H15Cl. The second-order valence-corrected chi connectivity index (χ2v) is 4.27. The van der Waals surface area contributed by atoms with Gasteiger partial charge in [0, 0.05) is 5.38 Å². The molecule has 0 spiro atoms. The van der Waals surface area contributed by atoms with E-state index in [1.54, 1.807) is 0 Å². The lowest BCUT2D eigenvalue weighted by Crippen LogP contribution is -1.90. The Labute approximate surface area is 68.0 Å². The first-order valence-corrected chi connectivity index (χ1v) is 4.97. The molecule has 2 aliphatic carbocycles. The first-order valence-electron chi connectivity index (χ1n) is 4.53. The second-order valence-electron chi connectivity index (χ2n) is 3.76. The van der Waals surface area contributed by atoms with Crippen LogP contribution in [0.2, 0.25) is 0 Å². The SMILES string of the molecule is ClC1[C@H]2CCCCCC[C@@H]12. The summed E-state index contributed by atoms with van der Waals surface area (Å²) >= 11 is 6.10. The second kappa shape index (κ2) is 2.73. The van der Waals surface area contributed by atoms with E-state index in [-0.39, 0.29) is 0 Å². The first kappa shape index (κ1) is 6.97. The molecule has 0 aromatic rings. The third kappa shape index (κ3) is 1.18. The highest BCUT2D eigenvalue weighted by Gasteiger charge is 2.47. The van der Waals surface area contributed by atoms with Crippen molar-refractivity contribution >= 4 is 11.6 Å². The van der Waals surface area contributed by atoms with E-state index in [2.05, 4.69) is 0 Å². The van der Waals surface area contributed by atoms with Gasteiger partial charge in [-0.05, 0) is 24.7 Å². The van der Waals surface area contributed by atoms with Crippen LogP contribution in [0.15, 0.2) is 0 Å². The van der Waals surface area contributed by atoms with Crippen LogP contribution < -0.4 is 0 Å². The fraction of sp³-hybridized carbons (Fsp3) is 1.00. The van der Waals surface area contributed by atoms with Gasteiger partial charge in [-0.1, -0.05) is 25.7 Å². The van der Waals surface area contributed by atoms with Gasteiger partial charge in [0.15, 0.2) is 0 Å². The summed E-state index contributed by atoms with van der Waals surface area (Å²) in [6, 6.07) is 0. The third-order valence-corrected chi connectivity index (χ3v) is 3.70. The number of hydrogen-bond acceptors (Lipinski definition) is 0. The largest absolute Gasteiger partial charge is 0.122 e. The van der Waals surface area contributed by atoms with Gasteiger partial charge < -0.3 is 0 Å². The summed E-state index contributed by atoms with van der Waals surface area (Å²) in [6.45, 7) is 0. The zero-order chi connectivity index (χ0) is 6.97. The zero-order valence-electron chi connectivity index (χ0n) is 6.35. The van der Waals surface area contributed by atoms with Crippen LogP contribution in [-0.4, -0.2) is 5.38 Å². The molecule has 2 fully saturated rings. The molecule has 0 amide bonds. The molecule has 0 aliphatic heterocycles. The van der Waals surface area contributed by atoms with E-state index in [1.807, 2.05) is 0 Å². The molecule has 0 N–H and O–H groups in total. The summed E-state index contributed by atoms with van der Waals surface area (Å²) < 4.78 is 0. The molecule has 3 atom stereocenters. The Bertz CT molecular complexity index is 108. The van der Waals surface area contributed by atoms with E-state index in [9.17, 15) is 0 Å². The molecule has 58 valence electrons. The Hall–Kier alpha value is 0.290. The topological polar surface area (TPSA) is 0 Å². The minimum Gasteiger partial charge on any atom is -0.122 e. The smallest absolute Gasteiger partial charge is 0.0398 e. The van der Waals surface area contributed by atoms with Gasteiger partial charge in [-0.2, -0.15) is 0 Å². The monoisotopic (exact) mass is 158 g/mol. The van der Waals surface area contributed by atoms with E-state index in [4.69, 9.17) is 11.6 Å². The molecule has 0 aromatic heterocycles. The van der Waals surface area contributed by atoms with Crippen molar-refractivity contribution in [1.82, 2.24) is 0 Å². The maximum absolute atomic E-state index is 6.10. The third-order valence-electron chi connectivity index (χ3n) is 3.05. The highest BCUT2D eigenvalue weighted by atomic mass is 35.5. The Kier molecular flexibility index (Phi) is 1.90. The van der Waals surface area contributed by atoms with Crippen LogP contribution in [0.1, 0.15) is 38.5 Å². The van der Waals surface area contributed by atoms with E-state index in [1.165, 1.54) is 38.5 Å². The van der Waals surface area contributed by atoms with Gasteiger partial charge in [-0.15, -0.1) is 11.6 Å². The predicted molar refractivity (Wildman–Crippen MR) is 44.3 cm³/mol. The minimum absolute atomic E-state index is 0.568. The average Bonchev–Trinajstić information content (AvgIpc) is 2.39. The predicted octanol–water partition coefficient (Wildman–Crippen LogP) is 3.19. The molecule has 0 heterocycles. The van der Waals surface area contributed by atoms with Crippen molar-refractivity contribution in [3.8, 4) is 0 Å². The fourth-order valence-corrected chi connectivity index (χ4v) is 2.80. The highest BCUT2D eigenvalue weighted by molar-refractivity contribution is 6.23. The Morgan fingerprint density at radius 1 is 0.800 bits per heavy atom. The molecule has 0 saturated heterocycles. The van der Waals surface area contributed by atoms with Gasteiger partial charge in [0.1, 0.15) is 0 Å². The Morgan fingerprint density at radius 3 is 1.80 bits per heavy atom. The number of fused-ring (bicyclic) bond motifs is 1. The molecular weight excluding hydrogens is 144 g/mol. The number of hydrogen-bond donors (Lipinski definition) is 0. The van der Waals surface area contributed by atoms with Gasteiger partial charge in [-0.3, -0.25) is 0 Å². The van der Waals surface area contributed by atoms with Crippen LogP contribution in [0.3, 0.4) is 0 Å². The van der Waals surface area contributed by atoms with Crippen LogP contribution >= 0.6 is 11.6 Å². The molecule has 0 nitrogen and oxygen atoms in total. The molecule has 2 rings (SSSR count). The molecule has 2 saturated carbocycles. The van der Waals surface area contributed by atoms with E-state index < -0.39 is 0 Å². The summed E-state index contributed by atoms with van der Waals surface area (Å²) in [7, 11) is 0. The van der Waals surface area contributed by atoms with E-state index in [0.29, 0.717) is 5.38 Å². The lowest BCUT2D eigenvalue weighted by atomic mass is 10.0. The van der Waals surface area contributed by atoms with Crippen molar-refractivity contribution in [3.63, 3.8) is 0 Å². The van der Waals surface area contributed by atoms with E-state index in [0.717, 1.165) is 11.8 Å². The van der Waals surface area contributed by atoms with Crippen LogP contribution in [0.5, 0.6) is 0 Å². The summed E-state index contributed by atoms with van der Waals surface area (Å²) in [4.78, 5) is 0. The average molecular weight is 159 g/mol. The number of rotatable bonds is 0. The molecule has 1 unspecified atom stereocenters. The highest BCUT2D eigenvalue weighted by Crippen LogP contribution is 2.51. The summed E-state index contributed by atoms with van der Waals surface area (Å²) in [5.74, 6) is 1.84. The van der Waals surface area contributed by atoms with Crippen LogP contribution in [0.25, 0.3) is 0 Å². The maximum atomic E-state index is 6.10. The van der Waals surface area contributed by atoms with Gasteiger partial charge in [-0.25, -0.2) is 0 Å². The Morgan fingerprint density at radius 2 is 1.30 bits per heavy atom. The van der Waals surface area contributed by atoms with Gasteiger partial charge in [0.2, 0.25) is 0 Å². The number of halogens is 1. The summed E-state index contributed by atoms with van der Waals surface area (Å²) in [5, 5.41) is 0.568. The molecule has 0 radical (unpaired) electrons. The van der Waals surface area contributed by atoms with Crippen molar-refractivity contribution in [1.29, 1.82) is 0 Å². The van der Waals surface area contributed by atoms with Crippen molar-refractivity contribution in [3.05, 3.63) is 0 Å². The van der Waals surface area contributed by atoms with Crippen molar-refractivity contribution in [2.75, 3.05) is 0 Å². The molecule has 2 aliphatic rings. The first-order chi connectivity index (χ1) is 4.89. The van der Waals surface area contributed by atoms with Gasteiger partial charge in [0.25, 0.3) is 0 Å². The lowest BCUT2D eigenvalue weighted by molar-refractivity contribution is 0.485. The van der Waals surface area contributed by atoms with Crippen molar-refractivity contribution in [2.24, 2.45) is 11.8 Å². The maximum Gasteiger partial charge on any atom is 0.0398 e. The zero-order valence-corrected chi connectivity index (χ0v) is 7.11. The number of alkyl halides is 1. The summed E-state index contributed by atoms with van der Waals surface area (Å²) in [6.07, 6.45) is 8.60.